The number of carbonyl (C=O) groups excluding carboxylic acids is 1. The van der Waals surface area contributed by atoms with Gasteiger partial charge in [-0.2, -0.15) is 0 Å². The third-order valence-corrected chi connectivity index (χ3v) is 5.71. The number of nitrogens with two attached hydrogens (primary N) is 1. The van der Waals surface area contributed by atoms with Gasteiger partial charge in [-0.25, -0.2) is 0 Å². The molecule has 0 saturated heterocycles. The Hall–Kier alpha value is -3.32. The van der Waals surface area contributed by atoms with Gasteiger partial charge in [-0.05, 0) is 50.4 Å². The smallest absolute Gasteiger partial charge is 0.275 e. The Labute approximate surface area is 195 Å². The summed E-state index contributed by atoms with van der Waals surface area (Å²) in [6.07, 6.45) is 0.642. The van der Waals surface area contributed by atoms with Crippen molar-refractivity contribution in [1.29, 1.82) is 0 Å². The first-order valence-electron chi connectivity index (χ1n) is 11.4. The summed E-state index contributed by atoms with van der Waals surface area (Å²) in [4.78, 5) is 28.6. The van der Waals surface area contributed by atoms with Crippen molar-refractivity contribution in [2.45, 2.75) is 46.7 Å². The van der Waals surface area contributed by atoms with Crippen molar-refractivity contribution in [2.75, 3.05) is 13.1 Å². The molecule has 174 valence electrons. The highest BCUT2D eigenvalue weighted by atomic mass is 16.2. The van der Waals surface area contributed by atoms with Gasteiger partial charge in [0, 0.05) is 12.1 Å². The van der Waals surface area contributed by atoms with Crippen LogP contribution in [0.5, 0.6) is 0 Å². The van der Waals surface area contributed by atoms with Crippen molar-refractivity contribution in [3.8, 4) is 0 Å². The Kier molecular flexibility index (Phi) is 8.11. The van der Waals surface area contributed by atoms with Crippen LogP contribution in [-0.4, -0.2) is 38.7 Å². The average Bonchev–Trinajstić information content (AvgIpc) is 2.81. The second-order valence-electron chi connectivity index (χ2n) is 8.72. The van der Waals surface area contributed by atoms with Gasteiger partial charge >= 0.3 is 0 Å². The Balaban J connectivity index is 2.12. The second-order valence-corrected chi connectivity index (χ2v) is 8.72. The molecule has 2 aromatic carbocycles. The number of rotatable bonds is 9. The molecular weight excluding hydrogens is 414 g/mol. The fourth-order valence-corrected chi connectivity index (χ4v) is 3.95. The van der Waals surface area contributed by atoms with E-state index in [0.29, 0.717) is 43.1 Å². The molecule has 7 heteroatoms. The normalized spacial score (nSPS) is 12.1. The molecule has 0 radical (unpaired) electrons. The molecule has 0 aliphatic rings. The molecule has 1 unspecified atom stereocenters. The predicted octanol–water partition coefficient (Wildman–Crippen LogP) is 3.49. The molecule has 0 spiro atoms. The third kappa shape index (κ3) is 5.73. The third-order valence-electron chi connectivity index (χ3n) is 5.71. The van der Waals surface area contributed by atoms with Crippen molar-refractivity contribution in [3.63, 3.8) is 0 Å². The molecule has 7 nitrogen and oxygen atoms in total. The summed E-state index contributed by atoms with van der Waals surface area (Å²) in [5, 5.41) is 8.61. The van der Waals surface area contributed by atoms with E-state index >= 15 is 0 Å². The number of carbonyl (C=O) groups is 1. The zero-order valence-electron chi connectivity index (χ0n) is 19.9. The summed E-state index contributed by atoms with van der Waals surface area (Å²) in [7, 11) is 0. The maximum absolute atomic E-state index is 13.7. The van der Waals surface area contributed by atoms with E-state index in [0.717, 1.165) is 11.1 Å². The summed E-state index contributed by atoms with van der Waals surface area (Å²) >= 11 is 0. The van der Waals surface area contributed by atoms with Crippen molar-refractivity contribution >= 4 is 5.91 Å². The molecule has 0 fully saturated rings. The minimum Gasteiger partial charge on any atom is -0.330 e. The fourth-order valence-electron chi connectivity index (χ4n) is 3.95. The van der Waals surface area contributed by atoms with Gasteiger partial charge in [-0.1, -0.05) is 61.9 Å². The van der Waals surface area contributed by atoms with Crippen LogP contribution in [0.2, 0.25) is 0 Å². The van der Waals surface area contributed by atoms with Gasteiger partial charge in [-0.15, -0.1) is 10.2 Å². The lowest BCUT2D eigenvalue weighted by molar-refractivity contribution is 0.0600. The fraction of sp³-hybridized carbons (Fsp3) is 0.385. The summed E-state index contributed by atoms with van der Waals surface area (Å²) in [5.74, 6) is 0.376. The van der Waals surface area contributed by atoms with Gasteiger partial charge in [0.1, 0.15) is 5.69 Å². The average molecular weight is 448 g/mol. The van der Waals surface area contributed by atoms with Crippen molar-refractivity contribution in [2.24, 2.45) is 11.7 Å². The van der Waals surface area contributed by atoms with E-state index in [1.54, 1.807) is 16.4 Å². The van der Waals surface area contributed by atoms with Crippen LogP contribution < -0.4 is 11.3 Å². The number of aryl methyl sites for hydroxylation is 2. The molecular formula is C26H33N5O2. The highest BCUT2D eigenvalue weighted by Gasteiger charge is 2.32. The number of aromatic nitrogens is 3. The van der Waals surface area contributed by atoms with E-state index in [4.69, 9.17) is 5.73 Å². The Morgan fingerprint density at radius 1 is 1.03 bits per heavy atom. The molecule has 1 heterocycles. The Bertz CT molecular complexity index is 1120. The Morgan fingerprint density at radius 3 is 2.30 bits per heavy atom. The van der Waals surface area contributed by atoms with E-state index in [2.05, 4.69) is 10.2 Å². The number of nitrogens with zero attached hydrogens (tertiary/aromatic N) is 4. The van der Waals surface area contributed by atoms with Gasteiger partial charge in [-0.3, -0.25) is 14.2 Å². The zero-order valence-corrected chi connectivity index (χ0v) is 19.9. The lowest BCUT2D eigenvalue weighted by atomic mass is 9.99. The topological polar surface area (TPSA) is 94.1 Å². The lowest BCUT2D eigenvalue weighted by Gasteiger charge is -2.35. The van der Waals surface area contributed by atoms with Gasteiger partial charge in [0.05, 0.1) is 12.6 Å². The van der Waals surface area contributed by atoms with E-state index in [9.17, 15) is 9.59 Å². The standard InChI is InChI=1S/C26H33N5O2/c1-18(2)23(30(16-8-15-27)26(33)22-13-11-19(3)12-14-22)24-29-28-20(4)25(32)31(24)17-21-9-6-5-7-10-21/h5-7,9-14,18,23H,8,15-17,27H2,1-4H3. The Morgan fingerprint density at radius 2 is 1.70 bits per heavy atom. The minimum absolute atomic E-state index is 0.00407. The minimum atomic E-state index is -0.435. The van der Waals surface area contributed by atoms with Crippen LogP contribution in [-0.2, 0) is 6.54 Å². The van der Waals surface area contributed by atoms with Crippen LogP contribution in [0.25, 0.3) is 0 Å². The lowest BCUT2D eigenvalue weighted by Crippen LogP contribution is -2.43. The van der Waals surface area contributed by atoms with Gasteiger partial charge in [0.15, 0.2) is 5.82 Å². The van der Waals surface area contributed by atoms with Crippen LogP contribution in [0.1, 0.15) is 59.3 Å². The van der Waals surface area contributed by atoms with E-state index in [-0.39, 0.29) is 17.4 Å². The van der Waals surface area contributed by atoms with Crippen LogP contribution in [0.4, 0.5) is 0 Å². The highest BCUT2D eigenvalue weighted by Crippen LogP contribution is 2.29. The summed E-state index contributed by atoms with van der Waals surface area (Å²) in [6, 6.07) is 16.9. The number of hydrogen-bond acceptors (Lipinski definition) is 5. The molecule has 33 heavy (non-hydrogen) atoms. The van der Waals surface area contributed by atoms with Crippen molar-refractivity contribution in [3.05, 3.63) is 93.2 Å². The highest BCUT2D eigenvalue weighted by molar-refractivity contribution is 5.94. The summed E-state index contributed by atoms with van der Waals surface area (Å²) in [6.45, 7) is 8.98. The SMILES string of the molecule is Cc1ccc(C(=O)N(CCCN)C(c2nnc(C)c(=O)n2Cc2ccccc2)C(C)C)cc1. The van der Waals surface area contributed by atoms with E-state index in [1.807, 2.05) is 75.4 Å². The number of benzene rings is 2. The number of hydrogen-bond donors (Lipinski definition) is 1. The number of amides is 1. The first-order chi connectivity index (χ1) is 15.8. The van der Waals surface area contributed by atoms with Crippen molar-refractivity contribution in [1.82, 2.24) is 19.7 Å². The molecule has 2 N–H and O–H groups in total. The van der Waals surface area contributed by atoms with Crippen molar-refractivity contribution < 1.29 is 4.79 Å². The predicted molar refractivity (Wildman–Crippen MR) is 130 cm³/mol. The molecule has 0 aliphatic heterocycles. The van der Waals surface area contributed by atoms with Crippen LogP contribution >= 0.6 is 0 Å². The van der Waals surface area contributed by atoms with Gasteiger partial charge in [0.25, 0.3) is 11.5 Å². The first-order valence-corrected chi connectivity index (χ1v) is 11.4. The molecule has 1 atom stereocenters. The molecule has 0 bridgehead atoms. The largest absolute Gasteiger partial charge is 0.330 e. The summed E-state index contributed by atoms with van der Waals surface area (Å²) in [5.41, 5.74) is 8.60. The monoisotopic (exact) mass is 447 g/mol. The molecule has 1 aromatic heterocycles. The molecule has 3 aromatic rings. The van der Waals surface area contributed by atoms with E-state index < -0.39 is 6.04 Å². The van der Waals surface area contributed by atoms with Crippen LogP contribution in [0.3, 0.4) is 0 Å². The quantitative estimate of drug-likeness (QED) is 0.542. The van der Waals surface area contributed by atoms with Crippen LogP contribution in [0.15, 0.2) is 59.4 Å². The molecule has 0 aliphatic carbocycles. The van der Waals surface area contributed by atoms with Gasteiger partial charge < -0.3 is 10.6 Å². The molecule has 0 saturated carbocycles. The maximum Gasteiger partial charge on any atom is 0.275 e. The van der Waals surface area contributed by atoms with Gasteiger partial charge in [0.2, 0.25) is 0 Å². The summed E-state index contributed by atoms with van der Waals surface area (Å²) < 4.78 is 1.65. The van der Waals surface area contributed by atoms with Crippen LogP contribution in [0, 0.1) is 19.8 Å². The zero-order chi connectivity index (χ0) is 24.0. The first kappa shape index (κ1) is 24.3. The molecule has 1 amide bonds. The second kappa shape index (κ2) is 11.0. The van der Waals surface area contributed by atoms with E-state index in [1.165, 1.54) is 0 Å². The maximum atomic E-state index is 13.7. The molecule has 3 rings (SSSR count).